The SMILES string of the molecule is Cc1cc(CC(C)C)cc2ccc3c(-c4cccc5c4oc4cc(-c6ccccc6)ccc45)ncnc3c12. The van der Waals surface area contributed by atoms with E-state index in [0.29, 0.717) is 5.92 Å². The minimum atomic E-state index is 0.620. The topological polar surface area (TPSA) is 38.9 Å². The van der Waals surface area contributed by atoms with E-state index in [1.807, 2.05) is 6.07 Å². The van der Waals surface area contributed by atoms with E-state index in [9.17, 15) is 0 Å². The number of hydrogen-bond acceptors (Lipinski definition) is 3. The van der Waals surface area contributed by atoms with Gasteiger partial charge in [-0.3, -0.25) is 0 Å². The van der Waals surface area contributed by atoms with Gasteiger partial charge in [0.15, 0.2) is 0 Å². The second kappa shape index (κ2) is 8.81. The Morgan fingerprint density at radius 3 is 2.42 bits per heavy atom. The van der Waals surface area contributed by atoms with Crippen molar-refractivity contribution < 1.29 is 4.42 Å². The van der Waals surface area contributed by atoms with Crippen molar-refractivity contribution in [1.82, 2.24) is 9.97 Å². The zero-order valence-electron chi connectivity index (χ0n) is 21.8. The monoisotopic (exact) mass is 492 g/mol. The summed E-state index contributed by atoms with van der Waals surface area (Å²) >= 11 is 0. The van der Waals surface area contributed by atoms with Crippen LogP contribution in [0.5, 0.6) is 0 Å². The lowest BCUT2D eigenvalue weighted by Crippen LogP contribution is -1.96. The molecule has 0 saturated heterocycles. The Balaban J connectivity index is 1.43. The molecule has 5 aromatic carbocycles. The first-order valence-electron chi connectivity index (χ1n) is 13.2. The third-order valence-electron chi connectivity index (χ3n) is 7.48. The molecule has 0 aliphatic rings. The molecule has 0 aliphatic carbocycles. The van der Waals surface area contributed by atoms with Crippen LogP contribution < -0.4 is 0 Å². The fourth-order valence-electron chi connectivity index (χ4n) is 5.87. The zero-order chi connectivity index (χ0) is 25.8. The van der Waals surface area contributed by atoms with E-state index < -0.39 is 0 Å². The van der Waals surface area contributed by atoms with Gasteiger partial charge in [-0.1, -0.05) is 80.6 Å². The Morgan fingerprint density at radius 2 is 1.58 bits per heavy atom. The van der Waals surface area contributed by atoms with Crippen LogP contribution in [0, 0.1) is 12.8 Å². The van der Waals surface area contributed by atoms with Gasteiger partial charge in [-0.15, -0.1) is 0 Å². The van der Waals surface area contributed by atoms with E-state index in [0.717, 1.165) is 56.1 Å². The molecule has 2 aromatic heterocycles. The van der Waals surface area contributed by atoms with E-state index in [-0.39, 0.29) is 0 Å². The quantitative estimate of drug-likeness (QED) is 0.230. The Kier molecular flexibility index (Phi) is 5.26. The van der Waals surface area contributed by atoms with Crippen LogP contribution in [0.2, 0.25) is 0 Å². The molecule has 0 fully saturated rings. The van der Waals surface area contributed by atoms with Gasteiger partial charge in [0.2, 0.25) is 0 Å². The van der Waals surface area contributed by atoms with Crippen LogP contribution in [0.15, 0.2) is 102 Å². The first kappa shape index (κ1) is 22.7. The lowest BCUT2D eigenvalue weighted by atomic mass is 9.94. The number of benzene rings is 5. The van der Waals surface area contributed by atoms with Gasteiger partial charge in [-0.05, 0) is 71.2 Å². The van der Waals surface area contributed by atoms with Crippen LogP contribution in [-0.2, 0) is 6.42 Å². The van der Waals surface area contributed by atoms with Crippen LogP contribution in [0.1, 0.15) is 25.0 Å². The summed E-state index contributed by atoms with van der Waals surface area (Å²) < 4.78 is 6.55. The molecular weight excluding hydrogens is 464 g/mol. The maximum Gasteiger partial charge on any atom is 0.144 e. The molecule has 2 heterocycles. The van der Waals surface area contributed by atoms with E-state index >= 15 is 0 Å². The summed E-state index contributed by atoms with van der Waals surface area (Å²) in [5, 5.41) is 5.67. The van der Waals surface area contributed by atoms with Crippen LogP contribution in [0.25, 0.3) is 66.0 Å². The Bertz CT molecular complexity index is 1980. The molecule has 0 unspecified atom stereocenters. The Morgan fingerprint density at radius 1 is 0.737 bits per heavy atom. The van der Waals surface area contributed by atoms with Gasteiger partial charge in [-0.2, -0.15) is 0 Å². The molecule has 0 N–H and O–H groups in total. The standard InChI is InChI=1S/C35H28N2O/c1-21(2)16-23-17-22(3)32-26(18-23)13-15-29-33(36-20-37-34(29)32)30-11-7-10-28-27-14-12-25(19-31(27)38-35(28)30)24-8-5-4-6-9-24/h4-15,17-21H,16H2,1-3H3. The van der Waals surface area contributed by atoms with Gasteiger partial charge in [-0.25, -0.2) is 9.97 Å². The summed E-state index contributed by atoms with van der Waals surface area (Å²) in [6.45, 7) is 6.72. The molecule has 0 amide bonds. The van der Waals surface area contributed by atoms with Crippen LogP contribution in [0.4, 0.5) is 0 Å². The van der Waals surface area contributed by atoms with Gasteiger partial charge in [0, 0.05) is 27.1 Å². The molecule has 0 radical (unpaired) electrons. The zero-order valence-corrected chi connectivity index (χ0v) is 21.8. The molecule has 3 heteroatoms. The molecule has 3 nitrogen and oxygen atoms in total. The molecule has 0 bridgehead atoms. The molecule has 38 heavy (non-hydrogen) atoms. The van der Waals surface area contributed by atoms with Crippen molar-refractivity contribution in [2.24, 2.45) is 5.92 Å². The second-order valence-corrected chi connectivity index (χ2v) is 10.7. The lowest BCUT2D eigenvalue weighted by molar-refractivity contribution is 0.647. The maximum absolute atomic E-state index is 6.55. The van der Waals surface area contributed by atoms with Gasteiger partial charge in [0.25, 0.3) is 0 Å². The van der Waals surface area contributed by atoms with E-state index in [2.05, 4.69) is 106 Å². The van der Waals surface area contributed by atoms with Gasteiger partial charge < -0.3 is 4.42 Å². The van der Waals surface area contributed by atoms with Crippen molar-refractivity contribution in [1.29, 1.82) is 0 Å². The summed E-state index contributed by atoms with van der Waals surface area (Å²) in [6.07, 6.45) is 2.76. The number of rotatable bonds is 4. The normalized spacial score (nSPS) is 11.9. The van der Waals surface area contributed by atoms with E-state index in [1.54, 1.807) is 6.33 Å². The molecule has 0 aliphatic heterocycles. The summed E-state index contributed by atoms with van der Waals surface area (Å²) in [5.74, 6) is 0.620. The second-order valence-electron chi connectivity index (χ2n) is 10.7. The first-order chi connectivity index (χ1) is 18.6. The lowest BCUT2D eigenvalue weighted by Gasteiger charge is -2.13. The molecule has 7 rings (SSSR count). The molecule has 0 saturated carbocycles. The molecule has 7 aromatic rings. The predicted molar refractivity (Wildman–Crippen MR) is 158 cm³/mol. The van der Waals surface area contributed by atoms with E-state index in [1.165, 1.54) is 27.5 Å². The van der Waals surface area contributed by atoms with Crippen LogP contribution >= 0.6 is 0 Å². The summed E-state index contributed by atoms with van der Waals surface area (Å²) in [5.41, 5.74) is 9.56. The predicted octanol–water partition coefficient (Wildman–Crippen LogP) is 9.52. The third kappa shape index (κ3) is 3.66. The molecule has 184 valence electrons. The summed E-state index contributed by atoms with van der Waals surface area (Å²) in [4.78, 5) is 9.56. The highest BCUT2D eigenvalue weighted by Gasteiger charge is 2.17. The van der Waals surface area contributed by atoms with Crippen molar-refractivity contribution in [3.63, 3.8) is 0 Å². The Labute approximate surface area is 221 Å². The van der Waals surface area contributed by atoms with Crippen molar-refractivity contribution in [3.8, 4) is 22.4 Å². The smallest absolute Gasteiger partial charge is 0.144 e. The number of para-hydroxylation sites is 1. The average molecular weight is 493 g/mol. The molecule has 0 atom stereocenters. The third-order valence-corrected chi connectivity index (χ3v) is 7.48. The van der Waals surface area contributed by atoms with Crippen LogP contribution in [-0.4, -0.2) is 9.97 Å². The number of nitrogens with zero attached hydrogens (tertiary/aromatic N) is 2. The molecular formula is C35H28N2O. The average Bonchev–Trinajstić information content (AvgIpc) is 3.30. The van der Waals surface area contributed by atoms with Gasteiger partial charge >= 0.3 is 0 Å². The summed E-state index contributed by atoms with van der Waals surface area (Å²) in [6, 6.07) is 32.2. The highest BCUT2D eigenvalue weighted by atomic mass is 16.3. The van der Waals surface area contributed by atoms with E-state index in [4.69, 9.17) is 14.4 Å². The van der Waals surface area contributed by atoms with Crippen molar-refractivity contribution in [2.75, 3.05) is 0 Å². The Hall–Kier alpha value is -4.50. The fraction of sp³-hybridized carbons (Fsp3) is 0.143. The van der Waals surface area contributed by atoms with Gasteiger partial charge in [0.05, 0.1) is 11.2 Å². The fourth-order valence-corrected chi connectivity index (χ4v) is 5.87. The largest absolute Gasteiger partial charge is 0.455 e. The minimum Gasteiger partial charge on any atom is -0.455 e. The van der Waals surface area contributed by atoms with Crippen LogP contribution in [0.3, 0.4) is 0 Å². The maximum atomic E-state index is 6.55. The first-order valence-corrected chi connectivity index (χ1v) is 13.2. The summed E-state index contributed by atoms with van der Waals surface area (Å²) in [7, 11) is 0. The van der Waals surface area contributed by atoms with Crippen molar-refractivity contribution in [3.05, 3.63) is 108 Å². The van der Waals surface area contributed by atoms with Crippen molar-refractivity contribution >= 4 is 43.6 Å². The highest BCUT2D eigenvalue weighted by Crippen LogP contribution is 2.39. The number of hydrogen-bond donors (Lipinski definition) is 0. The highest BCUT2D eigenvalue weighted by molar-refractivity contribution is 6.15. The van der Waals surface area contributed by atoms with Crippen molar-refractivity contribution in [2.45, 2.75) is 27.2 Å². The minimum absolute atomic E-state index is 0.620. The number of fused-ring (bicyclic) bond motifs is 6. The number of aryl methyl sites for hydroxylation is 1. The number of furan rings is 1. The molecule has 0 spiro atoms. The number of aromatic nitrogens is 2. The van der Waals surface area contributed by atoms with Gasteiger partial charge in [0.1, 0.15) is 17.5 Å².